The highest BCUT2D eigenvalue weighted by Gasteiger charge is 2.39. The summed E-state index contributed by atoms with van der Waals surface area (Å²) in [6, 6.07) is 6.18. The molecule has 4 rings (SSSR count). The molecule has 1 aromatic carbocycles. The van der Waals surface area contributed by atoms with Crippen molar-refractivity contribution in [1.82, 2.24) is 14.3 Å². The molecule has 2 heterocycles. The molecule has 1 saturated carbocycles. The summed E-state index contributed by atoms with van der Waals surface area (Å²) in [5.41, 5.74) is 1.03. The van der Waals surface area contributed by atoms with Gasteiger partial charge in [-0.15, -0.1) is 0 Å². The van der Waals surface area contributed by atoms with Crippen molar-refractivity contribution < 1.29 is 30.4 Å². The maximum absolute atomic E-state index is 13.3. The molecule has 34 heavy (non-hydrogen) atoms. The number of nitriles is 1. The minimum absolute atomic E-state index is 0.0490. The van der Waals surface area contributed by atoms with E-state index in [0.717, 1.165) is 31.5 Å². The summed E-state index contributed by atoms with van der Waals surface area (Å²) >= 11 is 0. The number of rotatable bonds is 6. The molecule has 1 aliphatic carbocycles. The molecule has 0 spiro atoms. The Morgan fingerprint density at radius 1 is 1.21 bits per heavy atom. The van der Waals surface area contributed by atoms with Crippen LogP contribution in [0.25, 0.3) is 22.3 Å². The third kappa shape index (κ3) is 4.25. The van der Waals surface area contributed by atoms with E-state index in [1.54, 1.807) is 9.29 Å². The Bertz CT molecular complexity index is 1370. The number of halogens is 5. The van der Waals surface area contributed by atoms with E-state index in [1.165, 1.54) is 24.3 Å². The van der Waals surface area contributed by atoms with Crippen molar-refractivity contribution in [1.29, 1.82) is 5.26 Å². The van der Waals surface area contributed by atoms with E-state index in [-0.39, 0.29) is 22.9 Å². The summed E-state index contributed by atoms with van der Waals surface area (Å²) in [5.74, 6) is 0. The van der Waals surface area contributed by atoms with E-state index in [1.807, 2.05) is 0 Å². The zero-order chi connectivity index (χ0) is 24.8. The van der Waals surface area contributed by atoms with Gasteiger partial charge in [0.05, 0.1) is 22.5 Å². The van der Waals surface area contributed by atoms with Crippen LogP contribution in [0.3, 0.4) is 0 Å². The number of nitrogens with one attached hydrogen (secondary N) is 1. The first-order valence-corrected chi connectivity index (χ1v) is 11.8. The van der Waals surface area contributed by atoms with Gasteiger partial charge >= 0.3 is 6.18 Å². The molecule has 0 aliphatic heterocycles. The van der Waals surface area contributed by atoms with Crippen LogP contribution in [0.5, 0.6) is 0 Å². The van der Waals surface area contributed by atoms with Crippen LogP contribution in [0.4, 0.5) is 22.0 Å². The van der Waals surface area contributed by atoms with Gasteiger partial charge in [0.25, 0.3) is 6.43 Å². The Hall–Kier alpha value is -3.04. The number of nitrogens with zero attached hydrogens (tertiary/aromatic N) is 3. The summed E-state index contributed by atoms with van der Waals surface area (Å²) < 4.78 is 93.1. The minimum atomic E-state index is -4.76. The van der Waals surface area contributed by atoms with Crippen molar-refractivity contribution in [2.45, 2.75) is 55.8 Å². The van der Waals surface area contributed by atoms with Crippen molar-refractivity contribution in [2.75, 3.05) is 0 Å². The maximum Gasteiger partial charge on any atom is 0.404 e. The predicted octanol–water partition coefficient (Wildman–Crippen LogP) is 5.47. The van der Waals surface area contributed by atoms with E-state index in [2.05, 4.69) is 11.1 Å². The van der Waals surface area contributed by atoms with Crippen LogP contribution in [-0.2, 0) is 10.0 Å². The lowest BCUT2D eigenvalue weighted by Crippen LogP contribution is -2.42. The molecular formula is C22H19F5N4O2S. The molecule has 0 radical (unpaired) electrons. The van der Waals surface area contributed by atoms with Gasteiger partial charge in [-0.3, -0.25) is 4.98 Å². The first-order chi connectivity index (χ1) is 15.9. The second-order valence-electron chi connectivity index (χ2n) is 8.13. The van der Waals surface area contributed by atoms with E-state index < -0.39 is 33.6 Å². The zero-order valence-electron chi connectivity index (χ0n) is 17.8. The lowest BCUT2D eigenvalue weighted by atomic mass is 9.92. The van der Waals surface area contributed by atoms with Crippen molar-refractivity contribution in [3.05, 3.63) is 47.7 Å². The molecular weight excluding hydrogens is 479 g/mol. The summed E-state index contributed by atoms with van der Waals surface area (Å²) in [6.45, 7) is 0.684. The Morgan fingerprint density at radius 2 is 1.91 bits per heavy atom. The highest BCUT2D eigenvalue weighted by molar-refractivity contribution is 7.89. The lowest BCUT2D eigenvalue weighted by molar-refractivity contribution is -0.147. The van der Waals surface area contributed by atoms with E-state index in [4.69, 9.17) is 0 Å². The SMILES string of the molecule is CC(NS(=O)(=O)c1ccc(-c2c(C#N)c3ccc(C(F)F)cc3n2C2CCC2)nc1)C(F)(F)F. The van der Waals surface area contributed by atoms with Crippen LogP contribution >= 0.6 is 0 Å². The monoisotopic (exact) mass is 498 g/mol. The highest BCUT2D eigenvalue weighted by Crippen LogP contribution is 2.43. The Labute approximate surface area is 192 Å². The second kappa shape index (κ2) is 8.63. The topological polar surface area (TPSA) is 87.8 Å². The summed E-state index contributed by atoms with van der Waals surface area (Å²) in [4.78, 5) is 3.65. The molecule has 0 saturated heterocycles. The fourth-order valence-corrected chi connectivity index (χ4v) is 5.07. The molecule has 1 unspecified atom stereocenters. The average molecular weight is 498 g/mol. The minimum Gasteiger partial charge on any atom is -0.335 e. The van der Waals surface area contributed by atoms with E-state index in [0.29, 0.717) is 23.5 Å². The molecule has 2 aromatic heterocycles. The van der Waals surface area contributed by atoms with Gasteiger partial charge in [0.1, 0.15) is 17.0 Å². The number of hydrogen-bond donors (Lipinski definition) is 1. The third-order valence-electron chi connectivity index (χ3n) is 5.94. The molecule has 12 heteroatoms. The van der Waals surface area contributed by atoms with Crippen LogP contribution in [0.2, 0.25) is 0 Å². The molecule has 6 nitrogen and oxygen atoms in total. The third-order valence-corrected chi connectivity index (χ3v) is 7.47. The zero-order valence-corrected chi connectivity index (χ0v) is 18.6. The average Bonchev–Trinajstić information content (AvgIpc) is 3.05. The van der Waals surface area contributed by atoms with Gasteiger partial charge in [-0.25, -0.2) is 17.2 Å². The normalized spacial score (nSPS) is 15.9. The fourth-order valence-electron chi connectivity index (χ4n) is 3.90. The van der Waals surface area contributed by atoms with Crippen LogP contribution in [-0.4, -0.2) is 30.2 Å². The first-order valence-electron chi connectivity index (χ1n) is 10.4. The predicted molar refractivity (Wildman–Crippen MR) is 114 cm³/mol. The van der Waals surface area contributed by atoms with Gasteiger partial charge in [0.15, 0.2) is 0 Å². The summed E-state index contributed by atoms with van der Waals surface area (Å²) in [5, 5.41) is 10.3. The van der Waals surface area contributed by atoms with Gasteiger partial charge in [-0.05, 0) is 44.4 Å². The van der Waals surface area contributed by atoms with Crippen molar-refractivity contribution in [3.63, 3.8) is 0 Å². The first kappa shape index (κ1) is 24.1. The van der Waals surface area contributed by atoms with Crippen molar-refractivity contribution >= 4 is 20.9 Å². The number of sulfonamides is 1. The molecule has 180 valence electrons. The van der Waals surface area contributed by atoms with Gasteiger partial charge in [-0.2, -0.15) is 23.2 Å². The van der Waals surface area contributed by atoms with Crippen LogP contribution in [0.15, 0.2) is 41.4 Å². The van der Waals surface area contributed by atoms with E-state index >= 15 is 0 Å². The molecule has 1 atom stereocenters. The largest absolute Gasteiger partial charge is 0.404 e. The Morgan fingerprint density at radius 3 is 2.41 bits per heavy atom. The maximum atomic E-state index is 13.3. The standard InChI is InChI=1S/C22H19F5N4O2S/c1-12(22(25,26)27)30-34(32,33)15-6-8-18(29-11-15)20-17(10-28)16-7-5-13(21(23)24)9-19(16)31(20)14-3-2-4-14/h5-9,11-12,14,21,30H,2-4H2,1H3. The second-order valence-corrected chi connectivity index (χ2v) is 9.85. The number of benzene rings is 1. The van der Waals surface area contributed by atoms with E-state index in [9.17, 15) is 35.6 Å². The summed E-state index contributed by atoms with van der Waals surface area (Å²) in [7, 11) is -4.50. The quantitative estimate of drug-likeness (QED) is 0.457. The van der Waals surface area contributed by atoms with Crippen LogP contribution in [0, 0.1) is 11.3 Å². The van der Waals surface area contributed by atoms with Gasteiger partial charge < -0.3 is 4.57 Å². The van der Waals surface area contributed by atoms with Gasteiger partial charge in [-0.1, -0.05) is 12.1 Å². The molecule has 1 aliphatic rings. The van der Waals surface area contributed by atoms with Crippen LogP contribution < -0.4 is 4.72 Å². The number of hydrogen-bond acceptors (Lipinski definition) is 4. The Kier molecular flexibility index (Phi) is 6.12. The molecule has 0 amide bonds. The van der Waals surface area contributed by atoms with Crippen molar-refractivity contribution in [2.24, 2.45) is 0 Å². The lowest BCUT2D eigenvalue weighted by Gasteiger charge is -2.30. The number of pyridine rings is 1. The van der Waals surface area contributed by atoms with Crippen molar-refractivity contribution in [3.8, 4) is 17.5 Å². The number of aromatic nitrogens is 2. The molecule has 3 aromatic rings. The number of alkyl halides is 5. The van der Waals surface area contributed by atoms with Gasteiger partial charge in [0, 0.05) is 23.2 Å². The molecule has 1 fully saturated rings. The fraction of sp³-hybridized carbons (Fsp3) is 0.364. The highest BCUT2D eigenvalue weighted by atomic mass is 32.2. The molecule has 0 bridgehead atoms. The number of fused-ring (bicyclic) bond motifs is 1. The summed E-state index contributed by atoms with van der Waals surface area (Å²) in [6.07, 6.45) is -4.08. The molecule has 1 N–H and O–H groups in total. The Balaban J connectivity index is 1.82. The smallest absolute Gasteiger partial charge is 0.335 e. The van der Waals surface area contributed by atoms with Gasteiger partial charge in [0.2, 0.25) is 10.0 Å². The van der Waals surface area contributed by atoms with Crippen LogP contribution in [0.1, 0.15) is 49.8 Å².